The van der Waals surface area contributed by atoms with Crippen LogP contribution >= 0.6 is 0 Å². The highest BCUT2D eigenvalue weighted by Crippen LogP contribution is 2.33. The summed E-state index contributed by atoms with van der Waals surface area (Å²) in [7, 11) is -2.60. The molecule has 0 unspecified atom stereocenters. The summed E-state index contributed by atoms with van der Waals surface area (Å²) in [6.45, 7) is 7.79. The predicted molar refractivity (Wildman–Crippen MR) is 79.4 cm³/mol. The third-order valence-electron chi connectivity index (χ3n) is 3.64. The Morgan fingerprint density at radius 3 is 1.84 bits per heavy atom. The van der Waals surface area contributed by atoms with Gasteiger partial charge in [0.15, 0.2) is 0 Å². The van der Waals surface area contributed by atoms with Crippen molar-refractivity contribution in [3.63, 3.8) is 0 Å². The van der Waals surface area contributed by atoms with E-state index in [-0.39, 0.29) is 0 Å². The van der Waals surface area contributed by atoms with E-state index < -0.39 is 8.80 Å². The van der Waals surface area contributed by atoms with Crippen molar-refractivity contribution in [2.75, 3.05) is 19.8 Å². The Kier molecular flexibility index (Phi) is 8.17. The third-order valence-corrected chi connectivity index (χ3v) is 6.67. The summed E-state index contributed by atoms with van der Waals surface area (Å²) >= 11 is 0. The van der Waals surface area contributed by atoms with Gasteiger partial charge in [0.1, 0.15) is 0 Å². The zero-order valence-electron chi connectivity index (χ0n) is 12.7. The largest absolute Gasteiger partial charge is 0.502 e. The zero-order chi connectivity index (χ0) is 14.1. The molecule has 0 bridgehead atoms. The molecule has 1 rings (SSSR count). The van der Waals surface area contributed by atoms with Gasteiger partial charge < -0.3 is 19.0 Å². The van der Waals surface area contributed by atoms with Gasteiger partial charge in [-0.1, -0.05) is 19.3 Å². The van der Waals surface area contributed by atoms with E-state index in [4.69, 9.17) is 19.0 Å². The fourth-order valence-electron chi connectivity index (χ4n) is 2.81. The Hall–Kier alpha value is 0.0569. The van der Waals surface area contributed by atoms with E-state index in [0.717, 1.165) is 6.04 Å². The van der Waals surface area contributed by atoms with Gasteiger partial charge in [0.05, 0.1) is 0 Å². The first kappa shape index (κ1) is 17.1. The quantitative estimate of drug-likeness (QED) is 0.662. The second-order valence-corrected chi connectivity index (χ2v) is 7.65. The van der Waals surface area contributed by atoms with Crippen LogP contribution in [0, 0.1) is 12.0 Å². The van der Waals surface area contributed by atoms with Crippen molar-refractivity contribution in [3.05, 3.63) is 6.04 Å². The first-order valence-corrected chi connectivity index (χ1v) is 9.63. The lowest BCUT2D eigenvalue weighted by molar-refractivity contribution is 0.0707. The van der Waals surface area contributed by atoms with Gasteiger partial charge in [0, 0.05) is 31.9 Å². The van der Waals surface area contributed by atoms with Gasteiger partial charge in [-0.05, 0) is 39.5 Å². The number of nitrogens with two attached hydrogens (primary N) is 1. The summed E-state index contributed by atoms with van der Waals surface area (Å²) < 4.78 is 17.6. The van der Waals surface area contributed by atoms with E-state index in [2.05, 4.69) is 0 Å². The Balaban J connectivity index is 2.62. The molecule has 1 fully saturated rings. The predicted octanol–water partition coefficient (Wildman–Crippen LogP) is 3.11. The molecule has 0 atom stereocenters. The van der Waals surface area contributed by atoms with Crippen LogP contribution in [0.2, 0.25) is 6.04 Å². The highest BCUT2D eigenvalue weighted by molar-refractivity contribution is 6.61. The molecule has 113 valence electrons. The van der Waals surface area contributed by atoms with Crippen LogP contribution in [0.4, 0.5) is 0 Å². The summed E-state index contributed by atoms with van der Waals surface area (Å²) in [5.41, 5.74) is 6.34. The standard InChI is InChI=1S/C14H30NO3Si/c1-4-16-19(17-5-2,18-6-3)12-14(15)13-10-8-7-9-11-13/h13H,4-12,15H2,1-3H3. The fourth-order valence-corrected chi connectivity index (χ4v) is 5.47. The minimum Gasteiger partial charge on any atom is -0.374 e. The molecule has 0 heterocycles. The Morgan fingerprint density at radius 2 is 1.42 bits per heavy atom. The molecule has 1 radical (unpaired) electrons. The van der Waals surface area contributed by atoms with Gasteiger partial charge in [-0.15, -0.1) is 0 Å². The molecule has 0 aliphatic heterocycles. The number of hydrogen-bond acceptors (Lipinski definition) is 4. The van der Waals surface area contributed by atoms with Crippen LogP contribution < -0.4 is 5.73 Å². The molecule has 0 aromatic carbocycles. The van der Waals surface area contributed by atoms with Gasteiger partial charge in [-0.2, -0.15) is 0 Å². The van der Waals surface area contributed by atoms with Gasteiger partial charge in [-0.3, -0.25) is 0 Å². The summed E-state index contributed by atoms with van der Waals surface area (Å²) in [4.78, 5) is 0. The van der Waals surface area contributed by atoms with Crippen LogP contribution in [0.15, 0.2) is 0 Å². The lowest BCUT2D eigenvalue weighted by Crippen LogP contribution is -2.49. The molecule has 1 aliphatic carbocycles. The van der Waals surface area contributed by atoms with E-state index in [1.807, 2.05) is 20.8 Å². The molecule has 1 aliphatic rings. The number of rotatable bonds is 9. The fraction of sp³-hybridized carbons (Fsp3) is 0.929. The molecule has 1 saturated carbocycles. The van der Waals surface area contributed by atoms with E-state index in [1.165, 1.54) is 32.1 Å². The van der Waals surface area contributed by atoms with Gasteiger partial charge >= 0.3 is 8.80 Å². The summed E-state index contributed by atoms with van der Waals surface area (Å²) in [6, 6.07) is 1.70. The molecular weight excluding hydrogens is 258 g/mol. The molecule has 0 spiro atoms. The van der Waals surface area contributed by atoms with Crippen molar-refractivity contribution in [1.82, 2.24) is 0 Å². The number of hydrogen-bond donors (Lipinski definition) is 1. The molecule has 19 heavy (non-hydrogen) atoms. The van der Waals surface area contributed by atoms with Crippen LogP contribution in [0.1, 0.15) is 52.9 Å². The van der Waals surface area contributed by atoms with Gasteiger partial charge in [0.25, 0.3) is 0 Å². The maximum Gasteiger partial charge on any atom is 0.502 e. The smallest absolute Gasteiger partial charge is 0.374 e. The Morgan fingerprint density at radius 1 is 0.947 bits per heavy atom. The van der Waals surface area contributed by atoms with Crippen molar-refractivity contribution in [1.29, 1.82) is 0 Å². The molecule has 0 aromatic heterocycles. The molecule has 5 heteroatoms. The monoisotopic (exact) mass is 288 g/mol. The maximum atomic E-state index is 6.34. The summed E-state index contributed by atoms with van der Waals surface area (Å²) in [5.74, 6) is 0.530. The minimum atomic E-state index is -2.60. The zero-order valence-corrected chi connectivity index (χ0v) is 13.7. The maximum absolute atomic E-state index is 6.34. The highest BCUT2D eigenvalue weighted by atomic mass is 28.4. The van der Waals surface area contributed by atoms with E-state index in [9.17, 15) is 0 Å². The Bertz CT molecular complexity index is 218. The van der Waals surface area contributed by atoms with Crippen molar-refractivity contribution in [2.24, 2.45) is 11.7 Å². The first-order valence-electron chi connectivity index (χ1n) is 7.70. The average Bonchev–Trinajstić information content (AvgIpc) is 2.40. The lowest BCUT2D eigenvalue weighted by Gasteiger charge is -2.34. The molecule has 0 aromatic rings. The van der Waals surface area contributed by atoms with E-state index in [0.29, 0.717) is 31.8 Å². The average molecular weight is 288 g/mol. The van der Waals surface area contributed by atoms with Crippen LogP contribution in [0.25, 0.3) is 0 Å². The molecule has 4 nitrogen and oxygen atoms in total. The topological polar surface area (TPSA) is 53.7 Å². The Labute approximate surface area is 119 Å². The van der Waals surface area contributed by atoms with Crippen molar-refractivity contribution < 1.29 is 13.3 Å². The van der Waals surface area contributed by atoms with Crippen molar-refractivity contribution in [3.8, 4) is 0 Å². The summed E-state index contributed by atoms with van der Waals surface area (Å²) in [5, 5.41) is 0. The normalized spacial score (nSPS) is 18.2. The molecular formula is C14H30NO3Si. The minimum absolute atomic E-state index is 0.530. The molecule has 2 N–H and O–H groups in total. The first-order chi connectivity index (χ1) is 9.17. The van der Waals surface area contributed by atoms with Crippen molar-refractivity contribution in [2.45, 2.75) is 58.9 Å². The third kappa shape index (κ3) is 5.51. The van der Waals surface area contributed by atoms with Gasteiger partial charge in [0.2, 0.25) is 0 Å². The highest BCUT2D eigenvalue weighted by Gasteiger charge is 2.44. The lowest BCUT2D eigenvalue weighted by atomic mass is 9.85. The summed E-state index contributed by atoms with van der Waals surface area (Å²) in [6.07, 6.45) is 6.34. The SMILES string of the molecule is CCO[Si](C[C](N)C1CCCCC1)(OCC)OCC. The van der Waals surface area contributed by atoms with Crippen LogP contribution in [0.5, 0.6) is 0 Å². The van der Waals surface area contributed by atoms with Crippen LogP contribution in [-0.4, -0.2) is 28.6 Å². The van der Waals surface area contributed by atoms with E-state index in [1.54, 1.807) is 0 Å². The second-order valence-electron chi connectivity index (χ2n) is 5.07. The second kappa shape index (κ2) is 9.08. The van der Waals surface area contributed by atoms with Crippen LogP contribution in [0.3, 0.4) is 0 Å². The van der Waals surface area contributed by atoms with Crippen molar-refractivity contribution >= 4 is 8.80 Å². The van der Waals surface area contributed by atoms with Crippen LogP contribution in [-0.2, 0) is 13.3 Å². The molecule has 0 amide bonds. The van der Waals surface area contributed by atoms with Gasteiger partial charge in [-0.25, -0.2) is 0 Å². The van der Waals surface area contributed by atoms with E-state index >= 15 is 0 Å². The molecule has 0 saturated heterocycles.